The maximum atomic E-state index is 13.3. The molecule has 1 heterocycles. The molecule has 1 aliphatic rings. The molecule has 0 N–H and O–H groups in total. The Morgan fingerprint density at radius 1 is 0.846 bits per heavy atom. The van der Waals surface area contributed by atoms with Crippen LogP contribution in [-0.2, 0) is 17.9 Å². The van der Waals surface area contributed by atoms with E-state index in [9.17, 15) is 4.79 Å². The van der Waals surface area contributed by atoms with E-state index in [0.717, 1.165) is 22.3 Å². The number of halogens is 1. The van der Waals surface area contributed by atoms with E-state index in [0.29, 0.717) is 23.7 Å². The topological polar surface area (TPSA) is 20.3 Å². The minimum atomic E-state index is 0.0346. The summed E-state index contributed by atoms with van der Waals surface area (Å²) in [5, 5.41) is 0.664. The van der Waals surface area contributed by atoms with E-state index in [1.54, 1.807) is 0 Å². The molecule has 26 heavy (non-hydrogen) atoms. The highest BCUT2D eigenvalue weighted by Crippen LogP contribution is 2.29. The second-order valence-electron chi connectivity index (χ2n) is 6.41. The lowest BCUT2D eigenvalue weighted by Crippen LogP contribution is -2.29. The predicted octanol–water partition coefficient (Wildman–Crippen LogP) is 5.42. The smallest absolute Gasteiger partial charge is 0.255 e. The number of hydrogen-bond acceptors (Lipinski definition) is 1. The summed E-state index contributed by atoms with van der Waals surface area (Å²) in [6, 6.07) is 25.7. The number of benzene rings is 3. The first-order valence-electron chi connectivity index (χ1n) is 8.59. The first kappa shape index (κ1) is 16.6. The molecule has 0 aromatic heterocycles. The Morgan fingerprint density at radius 3 is 2.31 bits per heavy atom. The van der Waals surface area contributed by atoms with Gasteiger partial charge in [-0.05, 0) is 40.5 Å². The number of hydrogen-bond donors (Lipinski definition) is 0. The maximum absolute atomic E-state index is 13.3. The van der Waals surface area contributed by atoms with Crippen LogP contribution in [0.15, 0.2) is 78.9 Å². The van der Waals surface area contributed by atoms with Crippen molar-refractivity contribution in [2.45, 2.75) is 13.1 Å². The van der Waals surface area contributed by atoms with E-state index in [1.807, 2.05) is 65.6 Å². The second-order valence-corrected chi connectivity index (χ2v) is 6.85. The van der Waals surface area contributed by atoms with Gasteiger partial charge in [0, 0.05) is 23.7 Å². The second kappa shape index (κ2) is 7.19. The summed E-state index contributed by atoms with van der Waals surface area (Å²) in [6.45, 7) is 1.18. The van der Waals surface area contributed by atoms with Crippen molar-refractivity contribution in [3.05, 3.63) is 106 Å². The molecule has 0 saturated heterocycles. The summed E-state index contributed by atoms with van der Waals surface area (Å²) in [7, 11) is 0. The molecule has 3 aromatic rings. The largest absolute Gasteiger partial charge is 0.330 e. The third-order valence-corrected chi connectivity index (χ3v) is 4.86. The molecular weight excluding hydrogens is 342 g/mol. The van der Waals surface area contributed by atoms with Crippen molar-refractivity contribution >= 4 is 29.2 Å². The summed E-state index contributed by atoms with van der Waals surface area (Å²) in [6.07, 6.45) is 1.99. The maximum Gasteiger partial charge on any atom is 0.255 e. The van der Waals surface area contributed by atoms with Gasteiger partial charge in [0.15, 0.2) is 0 Å². The summed E-state index contributed by atoms with van der Waals surface area (Å²) >= 11 is 6.02. The normalized spacial score (nSPS) is 13.8. The Balaban J connectivity index is 1.77. The van der Waals surface area contributed by atoms with Gasteiger partial charge >= 0.3 is 0 Å². The number of fused-ring (bicyclic) bond motifs is 1. The fourth-order valence-electron chi connectivity index (χ4n) is 3.25. The molecule has 128 valence electrons. The molecule has 0 saturated carbocycles. The average Bonchev–Trinajstić information content (AvgIpc) is 2.81. The van der Waals surface area contributed by atoms with Gasteiger partial charge in [-0.2, -0.15) is 0 Å². The van der Waals surface area contributed by atoms with Crippen LogP contribution in [0.1, 0.15) is 22.3 Å². The lowest BCUT2D eigenvalue weighted by Gasteiger charge is -2.23. The van der Waals surface area contributed by atoms with E-state index in [4.69, 9.17) is 11.6 Å². The van der Waals surface area contributed by atoms with Gasteiger partial charge in [-0.3, -0.25) is 4.79 Å². The first-order valence-corrected chi connectivity index (χ1v) is 8.97. The molecule has 3 heteroatoms. The summed E-state index contributed by atoms with van der Waals surface area (Å²) in [5.41, 5.74) is 4.94. The van der Waals surface area contributed by atoms with Crippen molar-refractivity contribution in [2.24, 2.45) is 0 Å². The zero-order valence-corrected chi connectivity index (χ0v) is 15.0. The number of rotatable bonds is 3. The van der Waals surface area contributed by atoms with Crippen molar-refractivity contribution in [3.63, 3.8) is 0 Å². The molecule has 4 rings (SSSR count). The van der Waals surface area contributed by atoms with Crippen LogP contribution in [0.5, 0.6) is 0 Å². The van der Waals surface area contributed by atoms with Crippen molar-refractivity contribution in [1.29, 1.82) is 0 Å². The quantitative estimate of drug-likeness (QED) is 0.611. The fourth-order valence-corrected chi connectivity index (χ4v) is 3.38. The van der Waals surface area contributed by atoms with Gasteiger partial charge in [0.05, 0.1) is 0 Å². The van der Waals surface area contributed by atoms with Crippen molar-refractivity contribution in [2.75, 3.05) is 0 Å². The molecule has 0 atom stereocenters. The minimum absolute atomic E-state index is 0.0346. The number of carbonyl (C=O) groups is 1. The molecule has 2 nitrogen and oxygen atoms in total. The van der Waals surface area contributed by atoms with E-state index in [1.165, 1.54) is 0 Å². The molecule has 1 aliphatic heterocycles. The lowest BCUT2D eigenvalue weighted by molar-refractivity contribution is -0.126. The Kier molecular flexibility index (Phi) is 4.59. The van der Waals surface area contributed by atoms with Crippen LogP contribution in [0.2, 0.25) is 5.02 Å². The predicted molar refractivity (Wildman–Crippen MR) is 106 cm³/mol. The fraction of sp³-hybridized carbons (Fsp3) is 0.0870. The van der Waals surface area contributed by atoms with Crippen molar-refractivity contribution in [3.8, 4) is 0 Å². The summed E-state index contributed by atoms with van der Waals surface area (Å²) in [4.78, 5) is 15.2. The van der Waals surface area contributed by atoms with E-state index >= 15 is 0 Å². The van der Waals surface area contributed by atoms with Crippen molar-refractivity contribution < 1.29 is 4.79 Å². The molecule has 3 aromatic carbocycles. The van der Waals surface area contributed by atoms with Gasteiger partial charge in [-0.1, -0.05) is 78.3 Å². The van der Waals surface area contributed by atoms with Crippen LogP contribution in [0.3, 0.4) is 0 Å². The Bertz CT molecular complexity index is 961. The Labute approximate surface area is 158 Å². The van der Waals surface area contributed by atoms with Crippen LogP contribution >= 0.6 is 11.6 Å². The minimum Gasteiger partial charge on any atom is -0.330 e. The number of carbonyl (C=O) groups excluding carboxylic acids is 1. The number of amides is 1. The van der Waals surface area contributed by atoms with Gasteiger partial charge in [-0.25, -0.2) is 0 Å². The highest BCUT2D eigenvalue weighted by Gasteiger charge is 2.24. The average molecular weight is 360 g/mol. The van der Waals surface area contributed by atoms with Crippen LogP contribution in [-0.4, -0.2) is 10.8 Å². The molecule has 0 fully saturated rings. The molecular formula is C23H18ClNO. The standard InChI is InChI=1S/C23H18ClNO/c24-21-12-10-18(11-13-21)22-14-19-8-4-5-9-20(19)16-25(23(22)26)15-17-6-2-1-3-7-17/h1-14H,15-16H2. The molecule has 0 bridgehead atoms. The van der Waals surface area contributed by atoms with Gasteiger partial charge in [0.25, 0.3) is 5.91 Å². The van der Waals surface area contributed by atoms with Crippen LogP contribution in [0.25, 0.3) is 11.6 Å². The van der Waals surface area contributed by atoms with E-state index in [2.05, 4.69) is 24.3 Å². The number of nitrogens with zero attached hydrogens (tertiary/aromatic N) is 1. The zero-order valence-electron chi connectivity index (χ0n) is 14.2. The molecule has 0 radical (unpaired) electrons. The Morgan fingerprint density at radius 2 is 1.54 bits per heavy atom. The van der Waals surface area contributed by atoms with Crippen molar-refractivity contribution in [1.82, 2.24) is 4.90 Å². The SMILES string of the molecule is O=C1C(c2ccc(Cl)cc2)=Cc2ccccc2CN1Cc1ccccc1. The Hall–Kier alpha value is -2.84. The molecule has 1 amide bonds. The van der Waals surface area contributed by atoms with Crippen LogP contribution < -0.4 is 0 Å². The van der Waals surface area contributed by atoms with E-state index in [-0.39, 0.29) is 5.91 Å². The zero-order chi connectivity index (χ0) is 17.9. The van der Waals surface area contributed by atoms with Gasteiger partial charge < -0.3 is 4.90 Å². The van der Waals surface area contributed by atoms with Gasteiger partial charge in [-0.15, -0.1) is 0 Å². The monoisotopic (exact) mass is 359 g/mol. The third-order valence-electron chi connectivity index (χ3n) is 4.61. The molecule has 0 unspecified atom stereocenters. The van der Waals surface area contributed by atoms with Gasteiger partial charge in [0.1, 0.15) is 0 Å². The highest BCUT2D eigenvalue weighted by atomic mass is 35.5. The summed E-state index contributed by atoms with van der Waals surface area (Å²) in [5.74, 6) is 0.0346. The first-order chi connectivity index (χ1) is 12.7. The molecule has 0 aliphatic carbocycles. The van der Waals surface area contributed by atoms with Crippen LogP contribution in [0.4, 0.5) is 0 Å². The third kappa shape index (κ3) is 3.42. The lowest BCUT2D eigenvalue weighted by atomic mass is 10.0. The summed E-state index contributed by atoms with van der Waals surface area (Å²) < 4.78 is 0. The highest BCUT2D eigenvalue weighted by molar-refractivity contribution is 6.31. The van der Waals surface area contributed by atoms with Gasteiger partial charge in [0.2, 0.25) is 0 Å². The van der Waals surface area contributed by atoms with E-state index < -0.39 is 0 Å². The van der Waals surface area contributed by atoms with Crippen LogP contribution in [0, 0.1) is 0 Å². The molecule has 0 spiro atoms.